The molecule has 0 bridgehead atoms. The van der Waals surface area contributed by atoms with Gasteiger partial charge in [0.05, 0.1) is 22.3 Å². The van der Waals surface area contributed by atoms with Crippen LogP contribution in [0.3, 0.4) is 0 Å². The second-order valence-electron chi connectivity index (χ2n) is 6.99. The summed E-state index contributed by atoms with van der Waals surface area (Å²) in [5, 5.41) is 18.1. The number of fused-ring (bicyclic) bond motifs is 2. The molecule has 2 aromatic rings. The monoisotopic (exact) mass is 808 g/mol. The van der Waals surface area contributed by atoms with Gasteiger partial charge in [0, 0.05) is 0 Å². The topological polar surface area (TPSA) is 115 Å². The van der Waals surface area contributed by atoms with Gasteiger partial charge in [-0.15, -0.1) is 16.5 Å². The minimum absolute atomic E-state index is 0. The first-order chi connectivity index (χ1) is 17.8. The molecule has 4 rings (SSSR count). The molecule has 0 aliphatic carbocycles. The van der Waals surface area contributed by atoms with Gasteiger partial charge in [-0.05, 0) is 24.3 Å². The van der Waals surface area contributed by atoms with Crippen LogP contribution in [0, 0.1) is 45.0 Å². The van der Waals surface area contributed by atoms with E-state index < -0.39 is 38.1 Å². The molecule has 8 nitrogen and oxygen atoms in total. The molecular weight excluding hydrogens is 788 g/mol. The number of imide groups is 2. The van der Waals surface area contributed by atoms with Crippen LogP contribution in [0.5, 0.6) is 0 Å². The fourth-order valence-corrected chi connectivity index (χ4v) is 2.53. The molecule has 19 heteroatoms. The largest absolute Gasteiger partial charge is 2.00 e. The quantitative estimate of drug-likeness (QED) is 0.131. The van der Waals surface area contributed by atoms with Crippen molar-refractivity contribution in [2.24, 2.45) is 0 Å². The van der Waals surface area contributed by atoms with Crippen molar-refractivity contribution >= 4 is 38.1 Å². The summed E-state index contributed by atoms with van der Waals surface area (Å²) in [4.78, 5) is 44.2. The van der Waals surface area contributed by atoms with Crippen LogP contribution in [0.15, 0.2) is 48.5 Å². The van der Waals surface area contributed by atoms with Crippen molar-refractivity contribution in [1.29, 1.82) is 0 Å². The Hall–Kier alpha value is -2.74. The molecule has 40 heavy (non-hydrogen) atoms. The van der Waals surface area contributed by atoms with Gasteiger partial charge in [0.1, 0.15) is 0 Å². The number of rotatable bonds is 2. The average molecular weight is 808 g/mol. The number of hydrogen-bond acceptors (Lipinski definition) is 6. The Morgan fingerprint density at radius 2 is 0.725 bits per heavy atom. The summed E-state index contributed by atoms with van der Waals surface area (Å²) in [7, 11) is -12.0. The summed E-state index contributed by atoms with van der Waals surface area (Å²) in [5.74, 6) is -2.63. The van der Waals surface area contributed by atoms with Crippen LogP contribution in [0.4, 0.5) is 34.5 Å². The average Bonchev–Trinajstić information content (AvgIpc) is 3.19. The van der Waals surface area contributed by atoms with E-state index in [-0.39, 0.29) is 63.5 Å². The van der Waals surface area contributed by atoms with E-state index in [4.69, 9.17) is 10.4 Å². The third kappa shape index (κ3) is 14.6. The number of benzene rings is 2. The Labute approximate surface area is 246 Å². The Bertz CT molecular complexity index is 985. The van der Waals surface area contributed by atoms with Crippen molar-refractivity contribution in [2.75, 3.05) is 0 Å². The van der Waals surface area contributed by atoms with E-state index in [0.717, 1.165) is 12.8 Å². The fraction of sp³-hybridized carbons (Fsp3) is 0.143. The molecule has 2 aliphatic heterocycles. The van der Waals surface area contributed by atoms with E-state index in [1.165, 1.54) is 30.7 Å². The number of nitrogens with zero attached hydrogens (tertiary/aromatic N) is 2. The van der Waals surface area contributed by atoms with E-state index in [1.54, 1.807) is 24.3 Å². The Morgan fingerprint density at radius 3 is 0.850 bits per heavy atom. The van der Waals surface area contributed by atoms with Crippen molar-refractivity contribution in [1.82, 2.24) is 10.1 Å². The van der Waals surface area contributed by atoms with Crippen LogP contribution in [0.2, 0.25) is 0 Å². The fourth-order valence-electron chi connectivity index (χ4n) is 2.53. The molecule has 0 unspecified atom stereocenters. The molecule has 2 aromatic carbocycles. The maximum absolute atomic E-state index is 11.1. The first-order valence-corrected chi connectivity index (χ1v) is 10.5. The number of carbonyl (C=O) groups is 4. The van der Waals surface area contributed by atoms with Crippen molar-refractivity contribution in [3.05, 3.63) is 84.6 Å². The summed E-state index contributed by atoms with van der Waals surface area (Å²) >= 11 is 0. The zero-order valence-corrected chi connectivity index (χ0v) is 24.4. The standard InChI is InChI=1S/2C8H5NO3.C5H10.2BF4.U/c2*10-7-5-3-1-2-4-6(5)8(11)9(7)12;1-3-5-4-2;2*2-1(3,4)5;/h2*1-4,12H;1-5H2;;;/q;;-2;2*-1;+2. The van der Waals surface area contributed by atoms with Gasteiger partial charge >= 0.3 is 45.6 Å². The van der Waals surface area contributed by atoms with Crippen molar-refractivity contribution in [2.45, 2.75) is 19.3 Å². The predicted octanol–water partition coefficient (Wildman–Crippen LogP) is 5.77. The second-order valence-corrected chi connectivity index (χ2v) is 6.99. The molecule has 2 aliphatic rings. The summed E-state index contributed by atoms with van der Waals surface area (Å²) in [6.07, 6.45) is 3.23. The van der Waals surface area contributed by atoms with Crippen LogP contribution in [-0.2, 0) is 0 Å². The summed E-state index contributed by atoms with van der Waals surface area (Å²) in [6, 6.07) is 12.6. The molecule has 0 radical (unpaired) electrons. The van der Waals surface area contributed by atoms with E-state index in [9.17, 15) is 53.7 Å². The summed E-state index contributed by atoms with van der Waals surface area (Å²) < 4.78 is 78.0. The Morgan fingerprint density at radius 1 is 0.550 bits per heavy atom. The number of amides is 4. The number of unbranched alkanes of at least 4 members (excludes halogenated alkanes) is 2. The molecule has 2 heterocycles. The first kappa shape index (κ1) is 39.4. The molecule has 0 saturated heterocycles. The summed E-state index contributed by atoms with van der Waals surface area (Å²) in [6.45, 7) is 7.27. The number of carbonyl (C=O) groups excluding carboxylic acids is 4. The number of hydrogen-bond donors (Lipinski definition) is 2. The van der Waals surface area contributed by atoms with Crippen molar-refractivity contribution < 1.29 is 95.2 Å². The smallest absolute Gasteiger partial charge is 0.418 e. The van der Waals surface area contributed by atoms with Gasteiger partial charge in [0.25, 0.3) is 23.6 Å². The third-order valence-corrected chi connectivity index (χ3v) is 4.05. The minimum atomic E-state index is -6.00. The van der Waals surface area contributed by atoms with Crippen LogP contribution >= 0.6 is 0 Å². The zero-order valence-electron chi connectivity index (χ0n) is 20.3. The van der Waals surface area contributed by atoms with E-state index in [2.05, 4.69) is 13.8 Å². The number of hydroxylamine groups is 4. The number of halogens is 8. The predicted molar refractivity (Wildman–Crippen MR) is 122 cm³/mol. The first-order valence-electron chi connectivity index (χ1n) is 10.5. The Kier molecular flexibility index (Phi) is 17.6. The molecule has 0 aromatic heterocycles. The van der Waals surface area contributed by atoms with E-state index in [1.807, 2.05) is 0 Å². The summed E-state index contributed by atoms with van der Waals surface area (Å²) in [5.41, 5.74) is 1.02. The minimum Gasteiger partial charge on any atom is -0.418 e. The van der Waals surface area contributed by atoms with Crippen molar-refractivity contribution in [3.63, 3.8) is 0 Å². The normalized spacial score (nSPS) is 13.2. The van der Waals surface area contributed by atoms with Gasteiger partial charge in [-0.1, -0.05) is 24.3 Å². The van der Waals surface area contributed by atoms with Crippen LogP contribution in [-0.4, -0.2) is 58.7 Å². The van der Waals surface area contributed by atoms with Gasteiger partial charge in [-0.2, -0.15) is 12.8 Å². The zero-order chi connectivity index (χ0) is 30.6. The van der Waals surface area contributed by atoms with Crippen LogP contribution < -0.4 is 0 Å². The SMILES string of the molecule is F[B-](F)(F)F.F[B-](F)(F)F.O=C1c2ccccc2C(=O)N1O.O=C1c2ccccc2C(=O)N1O.[CH2-]CCC[CH2-].[U+2]. The van der Waals surface area contributed by atoms with Gasteiger partial charge in [-0.25, -0.2) is 0 Å². The molecule has 2 N–H and O–H groups in total. The van der Waals surface area contributed by atoms with Gasteiger partial charge in [0.2, 0.25) is 0 Å². The van der Waals surface area contributed by atoms with E-state index >= 15 is 0 Å². The van der Waals surface area contributed by atoms with Crippen LogP contribution in [0.25, 0.3) is 0 Å². The van der Waals surface area contributed by atoms with Gasteiger partial charge < -0.3 is 48.4 Å². The maximum Gasteiger partial charge on any atom is 2.00 e. The maximum atomic E-state index is 11.1. The Balaban J connectivity index is 0. The molecule has 0 spiro atoms. The van der Waals surface area contributed by atoms with E-state index in [0.29, 0.717) is 0 Å². The molecule has 0 fully saturated rings. The second kappa shape index (κ2) is 17.8. The molecule has 218 valence electrons. The molecule has 4 amide bonds. The third-order valence-electron chi connectivity index (χ3n) is 4.05. The molecule has 0 saturated carbocycles. The van der Waals surface area contributed by atoms with Gasteiger partial charge in [-0.3, -0.25) is 29.6 Å². The van der Waals surface area contributed by atoms with Crippen molar-refractivity contribution in [3.8, 4) is 0 Å². The molecule has 0 atom stereocenters. The van der Waals surface area contributed by atoms with Gasteiger partial charge in [0.15, 0.2) is 0 Å². The molecular formula is C21H20B2F8N2O6U-2. The van der Waals surface area contributed by atoms with Crippen LogP contribution in [0.1, 0.15) is 60.7 Å².